The van der Waals surface area contributed by atoms with Crippen molar-refractivity contribution in [2.24, 2.45) is 0 Å². The van der Waals surface area contributed by atoms with Crippen LogP contribution in [0, 0.1) is 11.3 Å². The molecule has 3 nitrogen and oxygen atoms in total. The molecule has 0 bridgehead atoms. The summed E-state index contributed by atoms with van der Waals surface area (Å²) < 4.78 is 38.7. The Hall–Kier alpha value is -2.03. The van der Waals surface area contributed by atoms with E-state index in [9.17, 15) is 18.0 Å². The first-order chi connectivity index (χ1) is 8.89. The van der Waals surface area contributed by atoms with Crippen molar-refractivity contribution < 1.29 is 18.0 Å². The lowest BCUT2D eigenvalue weighted by molar-refractivity contribution is -0.160. The molecule has 100 valence electrons. The Morgan fingerprint density at radius 3 is 2.32 bits per heavy atom. The summed E-state index contributed by atoms with van der Waals surface area (Å²) in [6.45, 7) is 0. The van der Waals surface area contributed by atoms with Crippen molar-refractivity contribution in [2.45, 2.75) is 30.9 Å². The Bertz CT molecular complexity index is 524. The number of anilines is 1. The normalized spacial score (nSPS) is 16.5. The SMILES string of the molecule is N#CCC(=O)Nc1ccc(C2(C(F)(F)F)CC2)cc1. The van der Waals surface area contributed by atoms with Gasteiger partial charge in [-0.15, -0.1) is 0 Å². The average molecular weight is 268 g/mol. The van der Waals surface area contributed by atoms with Gasteiger partial charge in [-0.1, -0.05) is 12.1 Å². The van der Waals surface area contributed by atoms with Crippen LogP contribution in [0.15, 0.2) is 24.3 Å². The van der Waals surface area contributed by atoms with E-state index in [0.717, 1.165) is 0 Å². The van der Waals surface area contributed by atoms with Gasteiger partial charge in [-0.2, -0.15) is 18.4 Å². The maximum atomic E-state index is 12.9. The topological polar surface area (TPSA) is 52.9 Å². The fraction of sp³-hybridized carbons (Fsp3) is 0.385. The molecule has 0 heterocycles. The van der Waals surface area contributed by atoms with E-state index >= 15 is 0 Å². The highest BCUT2D eigenvalue weighted by Gasteiger charge is 2.64. The van der Waals surface area contributed by atoms with Crippen molar-refractivity contribution in [3.63, 3.8) is 0 Å². The van der Waals surface area contributed by atoms with E-state index in [0.29, 0.717) is 5.69 Å². The summed E-state index contributed by atoms with van der Waals surface area (Å²) in [6.07, 6.45) is -4.31. The lowest BCUT2D eigenvalue weighted by Crippen LogP contribution is -2.28. The van der Waals surface area contributed by atoms with Gasteiger partial charge in [-0.3, -0.25) is 4.79 Å². The number of rotatable bonds is 3. The van der Waals surface area contributed by atoms with Crippen LogP contribution in [0.4, 0.5) is 18.9 Å². The Morgan fingerprint density at radius 1 is 1.32 bits per heavy atom. The van der Waals surface area contributed by atoms with E-state index < -0.39 is 17.5 Å². The average Bonchev–Trinajstić information content (AvgIpc) is 3.10. The van der Waals surface area contributed by atoms with Crippen LogP contribution < -0.4 is 5.32 Å². The molecule has 1 aliphatic carbocycles. The predicted molar refractivity (Wildman–Crippen MR) is 62.3 cm³/mol. The van der Waals surface area contributed by atoms with Crippen LogP contribution in [0.5, 0.6) is 0 Å². The number of halogens is 3. The van der Waals surface area contributed by atoms with Crippen LogP contribution >= 0.6 is 0 Å². The summed E-state index contributed by atoms with van der Waals surface area (Å²) >= 11 is 0. The number of hydrogen-bond donors (Lipinski definition) is 1. The smallest absolute Gasteiger partial charge is 0.325 e. The highest BCUT2D eigenvalue weighted by atomic mass is 19.4. The standard InChI is InChI=1S/C13H11F3N2O/c14-13(15,16)12(6-7-12)9-1-3-10(4-2-9)18-11(19)5-8-17/h1-4H,5-7H2,(H,18,19). The van der Waals surface area contributed by atoms with Gasteiger partial charge in [0, 0.05) is 5.69 Å². The summed E-state index contributed by atoms with van der Waals surface area (Å²) in [7, 11) is 0. The molecule has 0 unspecified atom stereocenters. The first-order valence-electron chi connectivity index (χ1n) is 5.73. The van der Waals surface area contributed by atoms with Gasteiger partial charge in [0.25, 0.3) is 0 Å². The summed E-state index contributed by atoms with van der Waals surface area (Å²) in [5.41, 5.74) is -1.09. The van der Waals surface area contributed by atoms with Crippen molar-refractivity contribution >= 4 is 11.6 Å². The fourth-order valence-electron chi connectivity index (χ4n) is 2.01. The monoisotopic (exact) mass is 268 g/mol. The maximum Gasteiger partial charge on any atom is 0.398 e. The van der Waals surface area contributed by atoms with Crippen LogP contribution in [0.2, 0.25) is 0 Å². The van der Waals surface area contributed by atoms with E-state index in [-0.39, 0.29) is 24.8 Å². The third-order valence-corrected chi connectivity index (χ3v) is 3.25. The number of alkyl halides is 3. The van der Waals surface area contributed by atoms with Crippen LogP contribution in [-0.4, -0.2) is 12.1 Å². The van der Waals surface area contributed by atoms with Gasteiger partial charge in [0.15, 0.2) is 0 Å². The molecule has 19 heavy (non-hydrogen) atoms. The van der Waals surface area contributed by atoms with Crippen molar-refractivity contribution in [3.8, 4) is 6.07 Å². The van der Waals surface area contributed by atoms with Crippen molar-refractivity contribution in [1.82, 2.24) is 0 Å². The molecular weight excluding hydrogens is 257 g/mol. The molecule has 0 spiro atoms. The minimum absolute atomic E-state index is 0.108. The predicted octanol–water partition coefficient (Wildman–Crippen LogP) is 3.13. The molecule has 0 saturated heterocycles. The van der Waals surface area contributed by atoms with Gasteiger partial charge in [0.1, 0.15) is 6.42 Å². The second-order valence-corrected chi connectivity index (χ2v) is 4.54. The Labute approximate surface area is 108 Å². The molecular formula is C13H11F3N2O. The molecule has 6 heteroatoms. The van der Waals surface area contributed by atoms with Gasteiger partial charge in [0.2, 0.25) is 5.91 Å². The van der Waals surface area contributed by atoms with Gasteiger partial charge in [-0.05, 0) is 30.5 Å². The maximum absolute atomic E-state index is 12.9. The molecule has 1 fully saturated rings. The number of nitrogens with zero attached hydrogens (tertiary/aromatic N) is 1. The second kappa shape index (κ2) is 4.57. The minimum Gasteiger partial charge on any atom is -0.325 e. The van der Waals surface area contributed by atoms with Crippen LogP contribution in [-0.2, 0) is 10.2 Å². The number of nitrogens with one attached hydrogen (secondary N) is 1. The third kappa shape index (κ3) is 2.55. The zero-order valence-electron chi connectivity index (χ0n) is 9.92. The molecule has 1 amide bonds. The van der Waals surface area contributed by atoms with Crippen molar-refractivity contribution in [3.05, 3.63) is 29.8 Å². The number of amides is 1. The lowest BCUT2D eigenvalue weighted by atomic mass is 9.95. The summed E-state index contributed by atoms with van der Waals surface area (Å²) in [5.74, 6) is -0.479. The Kier molecular flexibility index (Phi) is 3.23. The number of hydrogen-bond acceptors (Lipinski definition) is 2. The van der Waals surface area contributed by atoms with E-state index in [4.69, 9.17) is 5.26 Å². The zero-order chi connectivity index (χ0) is 14.1. The highest BCUT2D eigenvalue weighted by molar-refractivity contribution is 5.92. The molecule has 0 radical (unpaired) electrons. The molecule has 1 N–H and O–H groups in total. The second-order valence-electron chi connectivity index (χ2n) is 4.54. The van der Waals surface area contributed by atoms with Crippen molar-refractivity contribution in [2.75, 3.05) is 5.32 Å². The summed E-state index contributed by atoms with van der Waals surface area (Å²) in [6, 6.07) is 7.30. The van der Waals surface area contributed by atoms with Crippen molar-refractivity contribution in [1.29, 1.82) is 5.26 Å². The highest BCUT2D eigenvalue weighted by Crippen LogP contribution is 2.58. The Balaban J connectivity index is 2.12. The summed E-state index contributed by atoms with van der Waals surface area (Å²) in [4.78, 5) is 11.2. The number of carbonyl (C=O) groups is 1. The minimum atomic E-state index is -4.24. The van der Waals surface area contributed by atoms with Gasteiger partial charge >= 0.3 is 6.18 Å². The van der Waals surface area contributed by atoms with E-state index in [2.05, 4.69) is 5.32 Å². The molecule has 1 aromatic carbocycles. The molecule has 0 aliphatic heterocycles. The molecule has 1 aliphatic rings. The van der Waals surface area contributed by atoms with Gasteiger partial charge < -0.3 is 5.32 Å². The molecule has 1 aromatic rings. The number of carbonyl (C=O) groups excluding carboxylic acids is 1. The molecule has 1 saturated carbocycles. The quantitative estimate of drug-likeness (QED) is 0.915. The van der Waals surface area contributed by atoms with Gasteiger partial charge in [-0.25, -0.2) is 0 Å². The number of nitriles is 1. The van der Waals surface area contributed by atoms with E-state index in [1.165, 1.54) is 24.3 Å². The third-order valence-electron chi connectivity index (χ3n) is 3.25. The van der Waals surface area contributed by atoms with E-state index in [1.807, 2.05) is 0 Å². The molecule has 0 atom stereocenters. The van der Waals surface area contributed by atoms with Crippen LogP contribution in [0.1, 0.15) is 24.8 Å². The number of benzene rings is 1. The van der Waals surface area contributed by atoms with Crippen LogP contribution in [0.3, 0.4) is 0 Å². The van der Waals surface area contributed by atoms with E-state index in [1.54, 1.807) is 6.07 Å². The zero-order valence-corrected chi connectivity index (χ0v) is 9.92. The Morgan fingerprint density at radius 2 is 1.89 bits per heavy atom. The largest absolute Gasteiger partial charge is 0.398 e. The lowest BCUT2D eigenvalue weighted by Gasteiger charge is -2.19. The fourth-order valence-corrected chi connectivity index (χ4v) is 2.01. The first-order valence-corrected chi connectivity index (χ1v) is 5.73. The molecule has 0 aromatic heterocycles. The van der Waals surface area contributed by atoms with Gasteiger partial charge in [0.05, 0.1) is 11.5 Å². The van der Waals surface area contributed by atoms with Crippen LogP contribution in [0.25, 0.3) is 0 Å². The summed E-state index contributed by atoms with van der Waals surface area (Å²) in [5, 5.41) is 10.8. The molecule has 2 rings (SSSR count). The first kappa shape index (κ1) is 13.4.